The maximum Gasteiger partial charge on any atom is 0.227 e. The van der Waals surface area contributed by atoms with E-state index < -0.39 is 6.10 Å². The van der Waals surface area contributed by atoms with Gasteiger partial charge in [0.1, 0.15) is 0 Å². The van der Waals surface area contributed by atoms with Gasteiger partial charge in [0.25, 0.3) is 0 Å². The van der Waals surface area contributed by atoms with E-state index in [2.05, 4.69) is 5.32 Å². The first-order chi connectivity index (χ1) is 9.08. The van der Waals surface area contributed by atoms with Gasteiger partial charge in [-0.1, -0.05) is 30.2 Å². The molecule has 0 aliphatic heterocycles. The fourth-order valence-electron chi connectivity index (χ4n) is 2.28. The summed E-state index contributed by atoms with van der Waals surface area (Å²) in [4.78, 5) is 12.0. The van der Waals surface area contributed by atoms with Crippen molar-refractivity contribution in [1.29, 1.82) is 0 Å². The van der Waals surface area contributed by atoms with Crippen LogP contribution in [0.25, 0.3) is 0 Å². The number of amides is 1. The molecule has 1 fully saturated rings. The van der Waals surface area contributed by atoms with Crippen molar-refractivity contribution >= 4 is 17.5 Å². The predicted octanol–water partition coefficient (Wildman–Crippen LogP) is 2.72. The van der Waals surface area contributed by atoms with Crippen LogP contribution in [0, 0.1) is 5.92 Å². The lowest BCUT2D eigenvalue weighted by atomic mass is 9.81. The van der Waals surface area contributed by atoms with E-state index in [1.54, 1.807) is 12.1 Å². The van der Waals surface area contributed by atoms with Gasteiger partial charge < -0.3 is 10.4 Å². The van der Waals surface area contributed by atoms with Crippen molar-refractivity contribution in [1.82, 2.24) is 5.32 Å². The Hall–Kier alpha value is -1.06. The van der Waals surface area contributed by atoms with Crippen molar-refractivity contribution in [2.45, 2.75) is 38.2 Å². The number of halogens is 1. The molecule has 0 spiro atoms. The molecule has 2 rings (SSSR count). The summed E-state index contributed by atoms with van der Waals surface area (Å²) in [7, 11) is 0. The van der Waals surface area contributed by atoms with Crippen LogP contribution in [-0.2, 0) is 4.79 Å². The maximum absolute atomic E-state index is 12.0. The molecular weight excluding hydrogens is 262 g/mol. The molecule has 1 aromatic carbocycles. The molecule has 1 aliphatic carbocycles. The second-order valence-electron chi connectivity index (χ2n) is 5.28. The predicted molar refractivity (Wildman–Crippen MR) is 76.2 cm³/mol. The highest BCUT2D eigenvalue weighted by molar-refractivity contribution is 6.30. The molecule has 0 aromatic heterocycles. The topological polar surface area (TPSA) is 49.3 Å². The number of carbonyl (C=O) groups is 1. The zero-order chi connectivity index (χ0) is 13.8. The van der Waals surface area contributed by atoms with Gasteiger partial charge in [-0.05, 0) is 43.4 Å². The lowest BCUT2D eigenvalue weighted by Crippen LogP contribution is -2.40. The minimum Gasteiger partial charge on any atom is -0.391 e. The third kappa shape index (κ3) is 3.71. The monoisotopic (exact) mass is 281 g/mol. The molecule has 3 nitrogen and oxygen atoms in total. The Morgan fingerprint density at radius 1 is 1.53 bits per heavy atom. The largest absolute Gasteiger partial charge is 0.391 e. The lowest BCUT2D eigenvalue weighted by Gasteiger charge is -2.30. The van der Waals surface area contributed by atoms with Gasteiger partial charge in [-0.3, -0.25) is 4.79 Å². The summed E-state index contributed by atoms with van der Waals surface area (Å²) < 4.78 is 0. The molecule has 0 heterocycles. The van der Waals surface area contributed by atoms with Gasteiger partial charge in [-0.25, -0.2) is 0 Å². The fraction of sp³-hybridized carbons (Fsp3) is 0.533. The highest BCUT2D eigenvalue weighted by Crippen LogP contribution is 2.29. The zero-order valence-electron chi connectivity index (χ0n) is 11.1. The number of aliphatic hydroxyl groups excluding tert-OH is 1. The average molecular weight is 282 g/mol. The number of hydrogen-bond acceptors (Lipinski definition) is 2. The Labute approximate surface area is 119 Å². The average Bonchev–Trinajstić information content (AvgIpc) is 2.33. The molecule has 2 atom stereocenters. The highest BCUT2D eigenvalue weighted by atomic mass is 35.5. The normalized spacial score (nSPS) is 18.5. The summed E-state index contributed by atoms with van der Waals surface area (Å²) in [5, 5.41) is 13.3. The standard InChI is InChI=1S/C15H20ClNO2/c1-10(12-6-3-7-13(16)8-12)15(19)17-9-14(18)11-4-2-5-11/h3,6-8,10-11,14,18H,2,4-5,9H2,1H3,(H,17,19). The van der Waals surface area contributed by atoms with Gasteiger partial charge in [0.15, 0.2) is 0 Å². The number of benzene rings is 1. The van der Waals surface area contributed by atoms with E-state index in [0.29, 0.717) is 17.5 Å². The minimum atomic E-state index is -0.413. The summed E-state index contributed by atoms with van der Waals surface area (Å²) in [6.07, 6.45) is 2.92. The number of aliphatic hydroxyl groups is 1. The van der Waals surface area contributed by atoms with Crippen molar-refractivity contribution < 1.29 is 9.90 Å². The van der Waals surface area contributed by atoms with Crippen LogP contribution < -0.4 is 5.32 Å². The first-order valence-electron chi connectivity index (χ1n) is 6.79. The van der Waals surface area contributed by atoms with E-state index in [4.69, 9.17) is 11.6 Å². The molecule has 104 valence electrons. The smallest absolute Gasteiger partial charge is 0.227 e. The third-order valence-electron chi connectivity index (χ3n) is 3.92. The lowest BCUT2D eigenvalue weighted by molar-refractivity contribution is -0.123. The van der Waals surface area contributed by atoms with Crippen LogP contribution in [-0.4, -0.2) is 23.7 Å². The molecule has 0 bridgehead atoms. The number of carbonyl (C=O) groups excluding carboxylic acids is 1. The quantitative estimate of drug-likeness (QED) is 0.872. The molecule has 0 saturated heterocycles. The van der Waals surface area contributed by atoms with Crippen LogP contribution in [0.4, 0.5) is 0 Å². The summed E-state index contributed by atoms with van der Waals surface area (Å²) in [5.41, 5.74) is 0.892. The molecular formula is C15H20ClNO2. The van der Waals surface area contributed by atoms with Crippen LogP contribution in [0.1, 0.15) is 37.7 Å². The molecule has 1 saturated carbocycles. The van der Waals surface area contributed by atoms with Gasteiger partial charge >= 0.3 is 0 Å². The Balaban J connectivity index is 1.85. The summed E-state index contributed by atoms with van der Waals surface area (Å²) in [5.74, 6) is 0.0368. The van der Waals surface area contributed by atoms with E-state index >= 15 is 0 Å². The number of nitrogens with one attached hydrogen (secondary N) is 1. The molecule has 1 aliphatic rings. The molecule has 1 amide bonds. The maximum atomic E-state index is 12.0. The second-order valence-corrected chi connectivity index (χ2v) is 5.72. The number of hydrogen-bond donors (Lipinski definition) is 2. The third-order valence-corrected chi connectivity index (χ3v) is 4.16. The van der Waals surface area contributed by atoms with Gasteiger partial charge in [0.05, 0.1) is 12.0 Å². The minimum absolute atomic E-state index is 0.0689. The summed E-state index contributed by atoms with van der Waals surface area (Å²) >= 11 is 5.92. The van der Waals surface area contributed by atoms with E-state index in [-0.39, 0.29) is 11.8 Å². The Bertz CT molecular complexity index is 446. The second kappa shape index (κ2) is 6.40. The van der Waals surface area contributed by atoms with Gasteiger partial charge in [-0.15, -0.1) is 0 Å². The van der Waals surface area contributed by atoms with Gasteiger partial charge in [-0.2, -0.15) is 0 Å². The Kier molecular flexibility index (Phi) is 4.83. The van der Waals surface area contributed by atoms with E-state index in [0.717, 1.165) is 18.4 Å². The number of rotatable bonds is 5. The molecule has 2 N–H and O–H groups in total. The van der Waals surface area contributed by atoms with Crippen LogP contribution in [0.5, 0.6) is 0 Å². The first-order valence-corrected chi connectivity index (χ1v) is 7.17. The summed E-state index contributed by atoms with van der Waals surface area (Å²) in [6, 6.07) is 7.31. The molecule has 4 heteroatoms. The molecule has 1 aromatic rings. The van der Waals surface area contributed by atoms with Crippen LogP contribution >= 0.6 is 11.6 Å². The fourth-order valence-corrected chi connectivity index (χ4v) is 2.48. The van der Waals surface area contributed by atoms with Crippen LogP contribution in [0.3, 0.4) is 0 Å². The van der Waals surface area contributed by atoms with Crippen molar-refractivity contribution in [2.24, 2.45) is 5.92 Å². The molecule has 0 radical (unpaired) electrons. The Morgan fingerprint density at radius 2 is 2.26 bits per heavy atom. The van der Waals surface area contributed by atoms with E-state index in [1.165, 1.54) is 6.42 Å². The molecule has 19 heavy (non-hydrogen) atoms. The van der Waals surface area contributed by atoms with Crippen molar-refractivity contribution in [3.05, 3.63) is 34.9 Å². The zero-order valence-corrected chi connectivity index (χ0v) is 11.9. The van der Waals surface area contributed by atoms with Crippen LogP contribution in [0.2, 0.25) is 5.02 Å². The van der Waals surface area contributed by atoms with Crippen molar-refractivity contribution in [2.75, 3.05) is 6.54 Å². The highest BCUT2D eigenvalue weighted by Gasteiger charge is 2.26. The Morgan fingerprint density at radius 3 is 2.84 bits per heavy atom. The van der Waals surface area contributed by atoms with Crippen molar-refractivity contribution in [3.63, 3.8) is 0 Å². The SMILES string of the molecule is CC(C(=O)NCC(O)C1CCC1)c1cccc(Cl)c1. The summed E-state index contributed by atoms with van der Waals surface area (Å²) in [6.45, 7) is 2.19. The molecule has 2 unspecified atom stereocenters. The van der Waals surface area contributed by atoms with Crippen molar-refractivity contribution in [3.8, 4) is 0 Å². The first kappa shape index (κ1) is 14.4. The van der Waals surface area contributed by atoms with E-state index in [9.17, 15) is 9.90 Å². The van der Waals surface area contributed by atoms with E-state index in [1.807, 2.05) is 19.1 Å². The van der Waals surface area contributed by atoms with Crippen LogP contribution in [0.15, 0.2) is 24.3 Å². The van der Waals surface area contributed by atoms with Gasteiger partial charge in [0, 0.05) is 11.6 Å². The van der Waals surface area contributed by atoms with Gasteiger partial charge in [0.2, 0.25) is 5.91 Å².